The van der Waals surface area contributed by atoms with Gasteiger partial charge in [-0.05, 0) is 36.0 Å². The normalized spacial score (nSPS) is 11.0. The maximum absolute atomic E-state index is 12.7. The van der Waals surface area contributed by atoms with Gasteiger partial charge in [-0.15, -0.1) is 0 Å². The molecule has 2 aromatic carbocycles. The Balaban J connectivity index is 1.69. The number of nitrogens with one attached hydrogen (secondary N) is 1. The molecule has 0 unspecified atom stereocenters. The number of carbonyl (C=O) groups is 3. The number of nitrogens with zero attached hydrogens (tertiary/aromatic N) is 1. The first-order chi connectivity index (χ1) is 15.2. The maximum Gasteiger partial charge on any atom is 0.274 e. The topological polar surface area (TPSA) is 121 Å². The molecular weight excluding hydrogens is 452 g/mol. The van der Waals surface area contributed by atoms with Crippen molar-refractivity contribution in [3.05, 3.63) is 95.8 Å². The Morgan fingerprint density at radius 3 is 2.22 bits per heavy atom. The zero-order valence-electron chi connectivity index (χ0n) is 16.7. The molecule has 0 radical (unpaired) electrons. The van der Waals surface area contributed by atoms with Crippen LogP contribution in [-0.2, 0) is 21.5 Å². The van der Waals surface area contributed by atoms with Gasteiger partial charge in [0.1, 0.15) is 0 Å². The van der Waals surface area contributed by atoms with Gasteiger partial charge in [0.05, 0.1) is 5.56 Å². The highest BCUT2D eigenvalue weighted by atomic mass is 32.2. The smallest absolute Gasteiger partial charge is 0.274 e. The zero-order chi connectivity index (χ0) is 23.1. The van der Waals surface area contributed by atoms with E-state index in [4.69, 9.17) is 4.55 Å². The summed E-state index contributed by atoms with van der Waals surface area (Å²) < 4.78 is 32.3. The van der Waals surface area contributed by atoms with Gasteiger partial charge in [-0.2, -0.15) is 8.42 Å². The Morgan fingerprint density at radius 2 is 1.56 bits per heavy atom. The molecule has 0 atom stereocenters. The van der Waals surface area contributed by atoms with E-state index in [1.54, 1.807) is 30.3 Å². The summed E-state index contributed by atoms with van der Waals surface area (Å²) in [6.45, 7) is 0.656. The van der Waals surface area contributed by atoms with E-state index in [0.29, 0.717) is 17.0 Å². The van der Waals surface area contributed by atoms with Crippen LogP contribution in [0.15, 0.2) is 84.0 Å². The van der Waals surface area contributed by atoms with Gasteiger partial charge >= 0.3 is 0 Å². The molecule has 0 aliphatic rings. The van der Waals surface area contributed by atoms with Gasteiger partial charge in [0, 0.05) is 28.2 Å². The van der Waals surface area contributed by atoms with Crippen LogP contribution >= 0.6 is 11.8 Å². The molecule has 0 fully saturated rings. The van der Waals surface area contributed by atoms with Crippen LogP contribution in [0, 0.1) is 0 Å². The molecule has 1 heterocycles. The van der Waals surface area contributed by atoms with Crippen LogP contribution in [0.5, 0.6) is 0 Å². The Bertz CT molecular complexity index is 1240. The summed E-state index contributed by atoms with van der Waals surface area (Å²) >= 11 is 0.818. The minimum absolute atomic E-state index is 0.0339. The highest BCUT2D eigenvalue weighted by Crippen LogP contribution is 2.26. The molecule has 0 aliphatic carbocycles. The Labute approximate surface area is 189 Å². The summed E-state index contributed by atoms with van der Waals surface area (Å²) in [4.78, 5) is 37.0. The molecule has 0 bridgehead atoms. The molecule has 3 aromatic rings. The number of benzene rings is 2. The lowest BCUT2D eigenvalue weighted by Crippen LogP contribution is -2.35. The third-order valence-electron chi connectivity index (χ3n) is 4.23. The highest BCUT2D eigenvalue weighted by molar-refractivity contribution is 8.14. The first-order valence-corrected chi connectivity index (χ1v) is 11.8. The van der Waals surface area contributed by atoms with Crippen LogP contribution in [0.3, 0.4) is 0 Å². The lowest BCUT2D eigenvalue weighted by atomic mass is 10.1. The standard InChI is InChI=1S/C22H18N2O6S2/c25-20(15-32(28,29)30)23-21(26)18-6-2-3-7-19(18)31-22(27)17-10-8-16(9-11-17)14-24-12-4-1-5-13-24/h1-13H,14-15H2,(H-,23,25,26,28,29,30)/p+1. The molecule has 10 heteroatoms. The molecule has 8 nitrogen and oxygen atoms in total. The van der Waals surface area contributed by atoms with E-state index in [0.717, 1.165) is 17.3 Å². The predicted molar refractivity (Wildman–Crippen MR) is 118 cm³/mol. The number of carbonyl (C=O) groups excluding carboxylic acids is 3. The average Bonchev–Trinajstić information content (AvgIpc) is 2.74. The van der Waals surface area contributed by atoms with E-state index in [2.05, 4.69) is 0 Å². The number of pyridine rings is 1. The summed E-state index contributed by atoms with van der Waals surface area (Å²) in [5.74, 6) is -3.28. The number of thioether (sulfide) groups is 1. The third kappa shape index (κ3) is 6.84. The van der Waals surface area contributed by atoms with Crippen molar-refractivity contribution in [1.82, 2.24) is 5.32 Å². The monoisotopic (exact) mass is 471 g/mol. The van der Waals surface area contributed by atoms with Crippen molar-refractivity contribution in [2.45, 2.75) is 11.4 Å². The zero-order valence-corrected chi connectivity index (χ0v) is 18.3. The van der Waals surface area contributed by atoms with Crippen molar-refractivity contribution in [3.8, 4) is 0 Å². The van der Waals surface area contributed by atoms with Gasteiger partial charge in [0.15, 0.2) is 24.7 Å². The van der Waals surface area contributed by atoms with E-state index in [-0.39, 0.29) is 10.7 Å². The number of imide groups is 1. The average molecular weight is 472 g/mol. The molecule has 0 saturated heterocycles. The largest absolute Gasteiger partial charge is 0.291 e. The van der Waals surface area contributed by atoms with E-state index >= 15 is 0 Å². The van der Waals surface area contributed by atoms with Gasteiger partial charge in [-0.3, -0.25) is 24.3 Å². The summed E-state index contributed by atoms with van der Waals surface area (Å²) in [5.41, 5.74) is 1.49. The van der Waals surface area contributed by atoms with Gasteiger partial charge in [-0.25, -0.2) is 4.57 Å². The minimum Gasteiger partial charge on any atom is -0.291 e. The van der Waals surface area contributed by atoms with Gasteiger partial charge in [0.2, 0.25) is 11.0 Å². The van der Waals surface area contributed by atoms with Crippen LogP contribution in [-0.4, -0.2) is 35.7 Å². The Kier molecular flexibility index (Phi) is 7.52. The fraction of sp³-hybridized carbons (Fsp3) is 0.0909. The minimum atomic E-state index is -4.57. The predicted octanol–water partition coefficient (Wildman–Crippen LogP) is 2.10. The number of amides is 2. The molecule has 2 N–H and O–H groups in total. The molecule has 164 valence electrons. The number of hydrogen-bond acceptors (Lipinski definition) is 6. The lowest BCUT2D eigenvalue weighted by molar-refractivity contribution is -0.688. The highest BCUT2D eigenvalue weighted by Gasteiger charge is 2.20. The van der Waals surface area contributed by atoms with Crippen LogP contribution < -0.4 is 9.88 Å². The molecule has 32 heavy (non-hydrogen) atoms. The molecule has 3 rings (SSSR count). The van der Waals surface area contributed by atoms with Gasteiger partial charge < -0.3 is 0 Å². The van der Waals surface area contributed by atoms with Crippen molar-refractivity contribution in [1.29, 1.82) is 0 Å². The van der Waals surface area contributed by atoms with Crippen LogP contribution in [0.4, 0.5) is 0 Å². The maximum atomic E-state index is 12.7. The number of rotatable bonds is 7. The quantitative estimate of drug-likeness (QED) is 0.307. The first kappa shape index (κ1) is 23.3. The molecule has 0 saturated carbocycles. The summed E-state index contributed by atoms with van der Waals surface area (Å²) in [6.07, 6.45) is 3.88. The Morgan fingerprint density at radius 1 is 0.906 bits per heavy atom. The first-order valence-electron chi connectivity index (χ1n) is 9.35. The Hall–Kier alpha value is -3.34. The second-order valence-electron chi connectivity index (χ2n) is 6.73. The van der Waals surface area contributed by atoms with E-state index < -0.39 is 27.7 Å². The van der Waals surface area contributed by atoms with Crippen LogP contribution in [0.2, 0.25) is 0 Å². The third-order valence-corrected chi connectivity index (χ3v) is 5.86. The van der Waals surface area contributed by atoms with Crippen molar-refractivity contribution in [3.63, 3.8) is 0 Å². The fourth-order valence-corrected chi connectivity index (χ4v) is 4.07. The van der Waals surface area contributed by atoms with Crippen LogP contribution in [0.1, 0.15) is 26.3 Å². The lowest BCUT2D eigenvalue weighted by Gasteiger charge is -2.08. The van der Waals surface area contributed by atoms with Crippen molar-refractivity contribution in [2.75, 3.05) is 5.75 Å². The molecule has 1 aromatic heterocycles. The van der Waals surface area contributed by atoms with Crippen molar-refractivity contribution in [2.24, 2.45) is 0 Å². The fourth-order valence-electron chi connectivity index (χ4n) is 2.79. The SMILES string of the molecule is O=C(CS(=O)(=O)O)NC(=O)c1ccccc1SC(=O)c1ccc(C[n+]2ccccc2)cc1. The second-order valence-corrected chi connectivity index (χ2v) is 9.20. The van der Waals surface area contributed by atoms with E-state index in [9.17, 15) is 22.8 Å². The summed E-state index contributed by atoms with van der Waals surface area (Å²) in [5, 5.41) is 1.60. The molecule has 0 spiro atoms. The van der Waals surface area contributed by atoms with Gasteiger partial charge in [0.25, 0.3) is 16.0 Å². The molecular formula is C22H19N2O6S2+. The molecule has 0 aliphatic heterocycles. The second kappa shape index (κ2) is 10.3. The summed E-state index contributed by atoms with van der Waals surface area (Å²) in [6, 6.07) is 19.0. The number of aromatic nitrogens is 1. The van der Waals surface area contributed by atoms with Gasteiger partial charge in [-0.1, -0.05) is 30.3 Å². The van der Waals surface area contributed by atoms with Crippen LogP contribution in [0.25, 0.3) is 0 Å². The summed E-state index contributed by atoms with van der Waals surface area (Å²) in [7, 11) is -4.57. The van der Waals surface area contributed by atoms with Crippen molar-refractivity contribution >= 4 is 38.8 Å². The molecule has 2 amide bonds. The number of hydrogen-bond donors (Lipinski definition) is 2. The van der Waals surface area contributed by atoms with Crippen molar-refractivity contribution < 1.29 is 31.9 Å². The van der Waals surface area contributed by atoms with E-state index in [1.165, 1.54) is 6.07 Å². The van der Waals surface area contributed by atoms with E-state index in [1.807, 2.05) is 52.6 Å².